The van der Waals surface area contributed by atoms with Gasteiger partial charge in [-0.05, 0) is 61.7 Å². The highest BCUT2D eigenvalue weighted by molar-refractivity contribution is 5.96. The Labute approximate surface area is 157 Å². The zero-order chi connectivity index (χ0) is 19.4. The van der Waals surface area contributed by atoms with Crippen LogP contribution >= 0.6 is 0 Å². The zero-order valence-corrected chi connectivity index (χ0v) is 15.7. The third-order valence-electron chi connectivity index (χ3n) is 4.16. The van der Waals surface area contributed by atoms with Gasteiger partial charge in [0.25, 0.3) is 0 Å². The number of hydrogen-bond acceptors (Lipinski definition) is 5. The SMILES string of the molecule is CCCOC(=O)c1ccc(NC(=O)Cc2noc3cc(C)cc(C)c23)cc1. The minimum Gasteiger partial charge on any atom is -0.462 e. The highest BCUT2D eigenvalue weighted by Gasteiger charge is 2.15. The van der Waals surface area contributed by atoms with Gasteiger partial charge in [-0.15, -0.1) is 0 Å². The molecule has 140 valence electrons. The van der Waals surface area contributed by atoms with Crippen molar-refractivity contribution in [2.24, 2.45) is 0 Å². The molecule has 0 aliphatic rings. The Morgan fingerprint density at radius 3 is 2.59 bits per heavy atom. The molecule has 1 heterocycles. The van der Waals surface area contributed by atoms with Gasteiger partial charge in [-0.2, -0.15) is 0 Å². The van der Waals surface area contributed by atoms with Gasteiger partial charge >= 0.3 is 5.97 Å². The van der Waals surface area contributed by atoms with Crippen molar-refractivity contribution in [1.29, 1.82) is 0 Å². The van der Waals surface area contributed by atoms with E-state index in [1.165, 1.54) is 0 Å². The van der Waals surface area contributed by atoms with Crippen LogP contribution in [0.4, 0.5) is 5.69 Å². The van der Waals surface area contributed by atoms with Gasteiger partial charge in [-0.3, -0.25) is 4.79 Å². The first-order chi connectivity index (χ1) is 13.0. The van der Waals surface area contributed by atoms with E-state index < -0.39 is 0 Å². The number of anilines is 1. The number of ether oxygens (including phenoxy) is 1. The minimum atomic E-state index is -0.366. The number of aryl methyl sites for hydroxylation is 2. The Morgan fingerprint density at radius 2 is 1.89 bits per heavy atom. The molecule has 0 aliphatic carbocycles. The van der Waals surface area contributed by atoms with Crippen LogP contribution in [0.15, 0.2) is 40.9 Å². The fraction of sp³-hybridized carbons (Fsp3) is 0.286. The summed E-state index contributed by atoms with van der Waals surface area (Å²) in [6.45, 7) is 6.29. The van der Waals surface area contributed by atoms with Crippen LogP contribution in [0, 0.1) is 13.8 Å². The van der Waals surface area contributed by atoms with E-state index in [0.717, 1.165) is 22.9 Å². The molecule has 0 saturated carbocycles. The summed E-state index contributed by atoms with van der Waals surface area (Å²) in [7, 11) is 0. The summed E-state index contributed by atoms with van der Waals surface area (Å²) in [5.41, 5.74) is 4.47. The van der Waals surface area contributed by atoms with E-state index in [1.54, 1.807) is 24.3 Å². The minimum absolute atomic E-state index is 0.108. The number of carbonyl (C=O) groups is 2. The van der Waals surface area contributed by atoms with Crippen LogP contribution in [0.1, 0.15) is 40.5 Å². The topological polar surface area (TPSA) is 81.4 Å². The second kappa shape index (κ2) is 8.03. The molecule has 2 aromatic carbocycles. The number of benzene rings is 2. The van der Waals surface area contributed by atoms with E-state index in [0.29, 0.717) is 29.1 Å². The zero-order valence-electron chi connectivity index (χ0n) is 15.7. The second-order valence-electron chi connectivity index (χ2n) is 6.52. The number of nitrogens with one attached hydrogen (secondary N) is 1. The van der Waals surface area contributed by atoms with Gasteiger partial charge in [0.15, 0.2) is 5.58 Å². The molecular formula is C21H22N2O4. The van der Waals surface area contributed by atoms with E-state index in [-0.39, 0.29) is 18.3 Å². The molecule has 0 spiro atoms. The Balaban J connectivity index is 1.67. The van der Waals surface area contributed by atoms with Crippen LogP contribution in [0.25, 0.3) is 11.0 Å². The van der Waals surface area contributed by atoms with Crippen molar-refractivity contribution >= 4 is 28.5 Å². The largest absolute Gasteiger partial charge is 0.462 e. The molecule has 0 aliphatic heterocycles. The summed E-state index contributed by atoms with van der Waals surface area (Å²) in [5.74, 6) is -0.568. The van der Waals surface area contributed by atoms with Gasteiger partial charge in [-0.1, -0.05) is 18.1 Å². The first-order valence-electron chi connectivity index (χ1n) is 8.90. The van der Waals surface area contributed by atoms with Crippen molar-refractivity contribution in [2.75, 3.05) is 11.9 Å². The smallest absolute Gasteiger partial charge is 0.338 e. The second-order valence-corrected chi connectivity index (χ2v) is 6.52. The summed E-state index contributed by atoms with van der Waals surface area (Å²) in [4.78, 5) is 24.2. The molecule has 6 nitrogen and oxygen atoms in total. The van der Waals surface area contributed by atoms with Gasteiger partial charge in [0.2, 0.25) is 5.91 Å². The number of nitrogens with zero attached hydrogens (tertiary/aromatic N) is 1. The van der Waals surface area contributed by atoms with Crippen LogP contribution in [0.5, 0.6) is 0 Å². The summed E-state index contributed by atoms with van der Waals surface area (Å²) in [6, 6.07) is 10.6. The van der Waals surface area contributed by atoms with Crippen molar-refractivity contribution in [3.63, 3.8) is 0 Å². The van der Waals surface area contributed by atoms with Crippen LogP contribution in [0.2, 0.25) is 0 Å². The fourth-order valence-corrected chi connectivity index (χ4v) is 2.97. The highest BCUT2D eigenvalue weighted by atomic mass is 16.5. The average Bonchev–Trinajstić information content (AvgIpc) is 3.02. The maximum Gasteiger partial charge on any atom is 0.338 e. The Hall–Kier alpha value is -3.15. The monoisotopic (exact) mass is 366 g/mol. The lowest BCUT2D eigenvalue weighted by molar-refractivity contribution is -0.115. The normalized spacial score (nSPS) is 10.8. The van der Waals surface area contributed by atoms with Crippen LogP contribution < -0.4 is 5.32 Å². The van der Waals surface area contributed by atoms with Crippen LogP contribution in [-0.4, -0.2) is 23.6 Å². The number of aromatic nitrogens is 1. The lowest BCUT2D eigenvalue weighted by Gasteiger charge is -2.06. The third-order valence-corrected chi connectivity index (χ3v) is 4.16. The molecule has 0 atom stereocenters. The van der Waals surface area contributed by atoms with Crippen molar-refractivity contribution in [2.45, 2.75) is 33.6 Å². The van der Waals surface area contributed by atoms with E-state index >= 15 is 0 Å². The molecule has 3 rings (SSSR count). The first kappa shape index (κ1) is 18.6. The predicted molar refractivity (Wildman–Crippen MR) is 103 cm³/mol. The van der Waals surface area contributed by atoms with Crippen LogP contribution in [-0.2, 0) is 16.0 Å². The van der Waals surface area contributed by atoms with Crippen LogP contribution in [0.3, 0.4) is 0 Å². The number of amides is 1. The molecule has 0 fully saturated rings. The first-order valence-corrected chi connectivity index (χ1v) is 8.90. The molecule has 27 heavy (non-hydrogen) atoms. The number of hydrogen-bond donors (Lipinski definition) is 1. The van der Waals surface area contributed by atoms with E-state index in [9.17, 15) is 9.59 Å². The van der Waals surface area contributed by atoms with Gasteiger partial charge in [-0.25, -0.2) is 4.79 Å². The van der Waals surface area contributed by atoms with Gasteiger partial charge in [0.1, 0.15) is 5.69 Å². The molecule has 0 saturated heterocycles. The number of esters is 1. The summed E-state index contributed by atoms with van der Waals surface area (Å²) in [5, 5.41) is 7.74. The summed E-state index contributed by atoms with van der Waals surface area (Å²) in [6.07, 6.45) is 0.882. The quantitative estimate of drug-likeness (QED) is 0.662. The molecule has 3 aromatic rings. The Bertz CT molecular complexity index is 974. The maximum absolute atomic E-state index is 12.4. The maximum atomic E-state index is 12.4. The standard InChI is InChI=1S/C21H22N2O4/c1-4-9-26-21(25)15-5-7-16(8-6-15)22-19(24)12-17-20-14(3)10-13(2)11-18(20)27-23-17/h5-8,10-11H,4,9,12H2,1-3H3,(H,22,24). The van der Waals surface area contributed by atoms with Crippen molar-refractivity contribution in [1.82, 2.24) is 5.16 Å². The van der Waals surface area contributed by atoms with Crippen molar-refractivity contribution < 1.29 is 18.8 Å². The molecule has 0 radical (unpaired) electrons. The van der Waals surface area contributed by atoms with Gasteiger partial charge in [0.05, 0.1) is 18.6 Å². The molecule has 6 heteroatoms. The molecule has 1 aromatic heterocycles. The van der Waals surface area contributed by atoms with Gasteiger partial charge < -0.3 is 14.6 Å². The summed E-state index contributed by atoms with van der Waals surface area (Å²) < 4.78 is 10.4. The van der Waals surface area contributed by atoms with Gasteiger partial charge in [0, 0.05) is 11.1 Å². The predicted octanol–water partition coefficient (Wildman–Crippen LogP) is 4.19. The number of rotatable bonds is 6. The average molecular weight is 366 g/mol. The van der Waals surface area contributed by atoms with E-state index in [2.05, 4.69) is 10.5 Å². The van der Waals surface area contributed by atoms with Crippen molar-refractivity contribution in [3.05, 3.63) is 58.8 Å². The number of fused-ring (bicyclic) bond motifs is 1. The molecule has 0 bridgehead atoms. The van der Waals surface area contributed by atoms with Crippen molar-refractivity contribution in [3.8, 4) is 0 Å². The van der Waals surface area contributed by atoms with E-state index in [4.69, 9.17) is 9.26 Å². The molecular weight excluding hydrogens is 344 g/mol. The highest BCUT2D eigenvalue weighted by Crippen LogP contribution is 2.24. The van der Waals surface area contributed by atoms with E-state index in [1.807, 2.05) is 32.9 Å². The Morgan fingerprint density at radius 1 is 1.15 bits per heavy atom. The summed E-state index contributed by atoms with van der Waals surface area (Å²) >= 11 is 0. The number of carbonyl (C=O) groups excluding carboxylic acids is 2. The lowest BCUT2D eigenvalue weighted by atomic mass is 10.0. The molecule has 1 N–H and O–H groups in total. The Kier molecular flexibility index (Phi) is 5.54. The lowest BCUT2D eigenvalue weighted by Crippen LogP contribution is -2.15. The molecule has 0 unspecified atom stereocenters. The fourth-order valence-electron chi connectivity index (χ4n) is 2.97. The third kappa shape index (κ3) is 4.34. The molecule has 1 amide bonds.